The molecule has 7 heteroatoms. The molecule has 144 valence electrons. The lowest BCUT2D eigenvalue weighted by Crippen LogP contribution is -2.37. The molecule has 1 N–H and O–H groups in total. The molecule has 1 atom stereocenters. The second-order valence-corrected chi connectivity index (χ2v) is 7.22. The molecule has 27 heavy (non-hydrogen) atoms. The van der Waals surface area contributed by atoms with Gasteiger partial charge in [0.1, 0.15) is 0 Å². The lowest BCUT2D eigenvalue weighted by Gasteiger charge is -2.23. The number of likely N-dealkylation sites (tertiary alicyclic amines) is 1. The maximum atomic E-state index is 13.1. The van der Waals surface area contributed by atoms with Gasteiger partial charge in [-0.1, -0.05) is 32.0 Å². The Kier molecular flexibility index (Phi) is 5.78. The van der Waals surface area contributed by atoms with E-state index in [1.807, 2.05) is 44.2 Å². The van der Waals surface area contributed by atoms with Crippen LogP contribution in [0.1, 0.15) is 43.6 Å². The minimum Gasteiger partial charge on any atom is -0.489 e. The zero-order chi connectivity index (χ0) is 19.4. The molecule has 1 amide bonds. The second kappa shape index (κ2) is 8.24. The highest BCUT2D eigenvalue weighted by molar-refractivity contribution is 5.95. The van der Waals surface area contributed by atoms with Crippen molar-refractivity contribution in [2.45, 2.75) is 39.2 Å². The van der Waals surface area contributed by atoms with Crippen LogP contribution in [0.4, 0.5) is 0 Å². The molecule has 1 unspecified atom stereocenters. The van der Waals surface area contributed by atoms with E-state index in [1.165, 1.54) is 0 Å². The molecule has 1 aromatic carbocycles. The SMILES string of the molecule is CC(C)COc1cn(-c2ccccc2)nc1C(=O)N1CCCC1CC(=O)O. The van der Waals surface area contributed by atoms with E-state index in [2.05, 4.69) is 5.10 Å². The Balaban J connectivity index is 1.90. The molecule has 0 bridgehead atoms. The number of aliphatic carboxylic acids is 1. The highest BCUT2D eigenvalue weighted by Gasteiger charge is 2.34. The zero-order valence-corrected chi connectivity index (χ0v) is 15.7. The van der Waals surface area contributed by atoms with E-state index < -0.39 is 5.97 Å². The van der Waals surface area contributed by atoms with E-state index >= 15 is 0 Å². The Hall–Kier alpha value is -2.83. The Bertz CT molecular complexity index is 801. The molecule has 1 aromatic heterocycles. The van der Waals surface area contributed by atoms with Crippen LogP contribution in [0.25, 0.3) is 5.69 Å². The zero-order valence-electron chi connectivity index (χ0n) is 15.7. The van der Waals surface area contributed by atoms with Crippen molar-refractivity contribution in [1.29, 1.82) is 0 Å². The predicted octanol–water partition coefficient (Wildman–Crippen LogP) is 2.99. The van der Waals surface area contributed by atoms with Gasteiger partial charge in [0.05, 0.1) is 24.9 Å². The normalized spacial score (nSPS) is 16.7. The molecular formula is C20H25N3O4. The fourth-order valence-electron chi connectivity index (χ4n) is 3.23. The average molecular weight is 371 g/mol. The number of rotatable bonds is 7. The van der Waals surface area contributed by atoms with E-state index in [1.54, 1.807) is 15.8 Å². The third kappa shape index (κ3) is 4.48. The number of nitrogens with zero attached hydrogens (tertiary/aromatic N) is 3. The van der Waals surface area contributed by atoms with E-state index in [0.717, 1.165) is 12.1 Å². The molecule has 0 radical (unpaired) electrons. The monoisotopic (exact) mass is 371 g/mol. The van der Waals surface area contributed by atoms with Gasteiger partial charge in [-0.2, -0.15) is 5.10 Å². The number of benzene rings is 1. The Morgan fingerprint density at radius 3 is 2.70 bits per heavy atom. The molecule has 2 aromatic rings. The average Bonchev–Trinajstić information content (AvgIpc) is 3.26. The first kappa shape index (κ1) is 18.9. The first-order valence-electron chi connectivity index (χ1n) is 9.26. The number of carboxylic acid groups (broad SMARTS) is 1. The predicted molar refractivity (Wildman–Crippen MR) is 100 cm³/mol. The van der Waals surface area contributed by atoms with Gasteiger partial charge in [0, 0.05) is 12.6 Å². The van der Waals surface area contributed by atoms with Crippen LogP contribution < -0.4 is 4.74 Å². The lowest BCUT2D eigenvalue weighted by atomic mass is 10.1. The Morgan fingerprint density at radius 2 is 2.04 bits per heavy atom. The molecule has 0 spiro atoms. The van der Waals surface area contributed by atoms with Crippen molar-refractivity contribution >= 4 is 11.9 Å². The Labute approximate surface area is 158 Å². The number of amides is 1. The molecule has 0 aliphatic carbocycles. The molecule has 0 saturated carbocycles. The minimum absolute atomic E-state index is 0.0483. The van der Waals surface area contributed by atoms with Crippen molar-refractivity contribution in [2.75, 3.05) is 13.2 Å². The number of ether oxygens (including phenoxy) is 1. The van der Waals surface area contributed by atoms with Gasteiger partial charge in [0.15, 0.2) is 11.4 Å². The maximum Gasteiger partial charge on any atom is 0.305 e. The van der Waals surface area contributed by atoms with Gasteiger partial charge in [0.25, 0.3) is 5.91 Å². The van der Waals surface area contributed by atoms with Crippen LogP contribution in [0.2, 0.25) is 0 Å². The number of para-hydroxylation sites is 1. The number of carboxylic acids is 1. The quantitative estimate of drug-likeness (QED) is 0.809. The molecule has 1 fully saturated rings. The van der Waals surface area contributed by atoms with Gasteiger partial charge >= 0.3 is 5.97 Å². The number of carbonyl (C=O) groups is 2. The molecule has 1 aliphatic heterocycles. The summed E-state index contributed by atoms with van der Waals surface area (Å²) in [4.78, 5) is 25.9. The summed E-state index contributed by atoms with van der Waals surface area (Å²) >= 11 is 0. The van der Waals surface area contributed by atoms with E-state index in [4.69, 9.17) is 9.84 Å². The van der Waals surface area contributed by atoms with Crippen LogP contribution in [0.15, 0.2) is 36.5 Å². The first-order valence-corrected chi connectivity index (χ1v) is 9.26. The fourth-order valence-corrected chi connectivity index (χ4v) is 3.23. The highest BCUT2D eigenvalue weighted by Crippen LogP contribution is 2.27. The molecule has 2 heterocycles. The molecule has 1 aliphatic rings. The van der Waals surface area contributed by atoms with Crippen LogP contribution >= 0.6 is 0 Å². The molecule has 7 nitrogen and oxygen atoms in total. The number of hydrogen-bond acceptors (Lipinski definition) is 4. The van der Waals surface area contributed by atoms with E-state index in [0.29, 0.717) is 31.2 Å². The summed E-state index contributed by atoms with van der Waals surface area (Å²) in [6.45, 7) is 5.08. The third-order valence-electron chi connectivity index (χ3n) is 4.52. The van der Waals surface area contributed by atoms with E-state index in [-0.39, 0.29) is 24.1 Å². The first-order chi connectivity index (χ1) is 13.0. The van der Waals surface area contributed by atoms with Gasteiger partial charge in [-0.25, -0.2) is 4.68 Å². The maximum absolute atomic E-state index is 13.1. The van der Waals surface area contributed by atoms with E-state index in [9.17, 15) is 9.59 Å². The van der Waals surface area contributed by atoms with Crippen molar-refractivity contribution in [2.24, 2.45) is 5.92 Å². The summed E-state index contributed by atoms with van der Waals surface area (Å²) in [5.74, 6) is -0.434. The highest BCUT2D eigenvalue weighted by atomic mass is 16.5. The number of aromatic nitrogens is 2. The lowest BCUT2D eigenvalue weighted by molar-refractivity contribution is -0.137. The largest absolute Gasteiger partial charge is 0.489 e. The second-order valence-electron chi connectivity index (χ2n) is 7.22. The third-order valence-corrected chi connectivity index (χ3v) is 4.52. The minimum atomic E-state index is -0.897. The van der Waals surface area contributed by atoms with Crippen molar-refractivity contribution in [3.63, 3.8) is 0 Å². The van der Waals surface area contributed by atoms with Gasteiger partial charge in [-0.15, -0.1) is 0 Å². The van der Waals surface area contributed by atoms with Crippen LogP contribution in [-0.4, -0.2) is 50.9 Å². The fraction of sp³-hybridized carbons (Fsp3) is 0.450. The van der Waals surface area contributed by atoms with Gasteiger partial charge in [0.2, 0.25) is 0 Å². The van der Waals surface area contributed by atoms with Crippen LogP contribution in [0.3, 0.4) is 0 Å². The van der Waals surface area contributed by atoms with Crippen molar-refractivity contribution in [3.8, 4) is 11.4 Å². The van der Waals surface area contributed by atoms with Crippen LogP contribution in [-0.2, 0) is 4.79 Å². The number of carbonyl (C=O) groups excluding carboxylic acids is 1. The van der Waals surface area contributed by atoms with Crippen LogP contribution in [0, 0.1) is 5.92 Å². The standard InChI is InChI=1S/C20H25N3O4/c1-14(2)13-27-17-12-23(15-7-4-3-5-8-15)21-19(17)20(26)22-10-6-9-16(22)11-18(24)25/h3-5,7-8,12,14,16H,6,9-11,13H2,1-2H3,(H,24,25). The molecule has 3 rings (SSSR count). The molecular weight excluding hydrogens is 346 g/mol. The van der Waals surface area contributed by atoms with Crippen molar-refractivity contribution < 1.29 is 19.4 Å². The van der Waals surface area contributed by atoms with Gasteiger partial charge in [-0.3, -0.25) is 9.59 Å². The molecule has 1 saturated heterocycles. The summed E-state index contributed by atoms with van der Waals surface area (Å²) in [6, 6.07) is 9.21. The smallest absolute Gasteiger partial charge is 0.305 e. The summed E-state index contributed by atoms with van der Waals surface area (Å²) in [5.41, 5.74) is 1.06. The van der Waals surface area contributed by atoms with Crippen LogP contribution in [0.5, 0.6) is 5.75 Å². The van der Waals surface area contributed by atoms with Crippen molar-refractivity contribution in [3.05, 3.63) is 42.2 Å². The van der Waals surface area contributed by atoms with Gasteiger partial charge in [-0.05, 0) is 30.9 Å². The summed E-state index contributed by atoms with van der Waals surface area (Å²) < 4.78 is 7.48. The number of hydrogen-bond donors (Lipinski definition) is 1. The summed E-state index contributed by atoms with van der Waals surface area (Å²) in [6.07, 6.45) is 3.16. The van der Waals surface area contributed by atoms with Crippen molar-refractivity contribution in [1.82, 2.24) is 14.7 Å². The van der Waals surface area contributed by atoms with Gasteiger partial charge < -0.3 is 14.7 Å². The summed E-state index contributed by atoms with van der Waals surface area (Å²) in [7, 11) is 0. The summed E-state index contributed by atoms with van der Waals surface area (Å²) in [5, 5.41) is 13.6. The topological polar surface area (TPSA) is 84.7 Å². The Morgan fingerprint density at radius 1 is 1.30 bits per heavy atom.